The first-order valence-corrected chi connectivity index (χ1v) is 8.07. The maximum atomic E-state index is 12.3. The minimum Gasteiger partial charge on any atom is -0.456 e. The van der Waals surface area contributed by atoms with E-state index in [4.69, 9.17) is 4.74 Å². The Hall–Kier alpha value is -3.22. The number of aromatic nitrogens is 4. The number of carbonyl (C=O) groups excluding carboxylic acids is 1. The molecule has 2 aromatic heterocycles. The number of hydrogen-bond donors (Lipinski definition) is 0. The van der Waals surface area contributed by atoms with Crippen molar-refractivity contribution < 1.29 is 9.53 Å². The average molecular weight is 335 g/mol. The summed E-state index contributed by atoms with van der Waals surface area (Å²) >= 11 is 0. The predicted molar refractivity (Wildman–Crippen MR) is 90.9 cm³/mol. The molecule has 126 valence electrons. The molecule has 0 atom stereocenters. The van der Waals surface area contributed by atoms with Crippen molar-refractivity contribution in [2.45, 2.75) is 19.7 Å². The Morgan fingerprint density at radius 3 is 2.84 bits per heavy atom. The van der Waals surface area contributed by atoms with Gasteiger partial charge in [0.2, 0.25) is 0 Å². The summed E-state index contributed by atoms with van der Waals surface area (Å²) in [4.78, 5) is 27.2. The lowest BCUT2D eigenvalue weighted by atomic mass is 10.2. The molecule has 1 aliphatic heterocycles. The molecule has 7 heteroatoms. The molecular weight excluding hydrogens is 318 g/mol. The number of rotatable bonds is 4. The predicted octanol–water partition coefficient (Wildman–Crippen LogP) is 2.05. The summed E-state index contributed by atoms with van der Waals surface area (Å²) in [5.41, 5.74) is 1.29. The van der Waals surface area contributed by atoms with Crippen molar-refractivity contribution in [2.75, 3.05) is 11.4 Å². The summed E-state index contributed by atoms with van der Waals surface area (Å²) in [5.74, 6) is 1.23. The van der Waals surface area contributed by atoms with E-state index in [1.165, 1.54) is 0 Å². The van der Waals surface area contributed by atoms with Crippen LogP contribution < -0.4 is 4.90 Å². The van der Waals surface area contributed by atoms with Gasteiger partial charge in [-0.15, -0.1) is 0 Å². The molecule has 3 heterocycles. The van der Waals surface area contributed by atoms with Crippen molar-refractivity contribution in [1.82, 2.24) is 19.5 Å². The maximum Gasteiger partial charge on any atom is 0.358 e. The number of hydrogen-bond acceptors (Lipinski definition) is 6. The smallest absolute Gasteiger partial charge is 0.358 e. The molecule has 0 saturated heterocycles. The van der Waals surface area contributed by atoms with E-state index in [9.17, 15) is 4.79 Å². The third kappa shape index (κ3) is 3.35. The van der Waals surface area contributed by atoms with Crippen LogP contribution >= 0.6 is 0 Å². The van der Waals surface area contributed by atoms with E-state index in [0.29, 0.717) is 12.2 Å². The molecule has 0 spiro atoms. The number of anilines is 1. The van der Waals surface area contributed by atoms with Crippen molar-refractivity contribution in [3.05, 3.63) is 72.2 Å². The van der Waals surface area contributed by atoms with Crippen LogP contribution in [0.25, 0.3) is 0 Å². The van der Waals surface area contributed by atoms with E-state index in [1.807, 2.05) is 34.9 Å². The van der Waals surface area contributed by atoms with Gasteiger partial charge in [-0.25, -0.2) is 14.8 Å². The van der Waals surface area contributed by atoms with Crippen molar-refractivity contribution in [3.63, 3.8) is 0 Å². The van der Waals surface area contributed by atoms with Crippen LogP contribution in [0.5, 0.6) is 0 Å². The van der Waals surface area contributed by atoms with E-state index in [2.05, 4.69) is 19.9 Å². The lowest BCUT2D eigenvalue weighted by Crippen LogP contribution is -2.34. The molecule has 0 unspecified atom stereocenters. The van der Waals surface area contributed by atoms with E-state index >= 15 is 0 Å². The van der Waals surface area contributed by atoms with Crippen molar-refractivity contribution >= 4 is 11.8 Å². The molecule has 0 saturated carbocycles. The van der Waals surface area contributed by atoms with Crippen LogP contribution in [0.1, 0.15) is 21.9 Å². The number of esters is 1. The molecule has 0 fully saturated rings. The fourth-order valence-corrected chi connectivity index (χ4v) is 2.80. The van der Waals surface area contributed by atoms with Crippen LogP contribution in [0.4, 0.5) is 5.82 Å². The molecule has 3 aromatic rings. The maximum absolute atomic E-state index is 12.3. The van der Waals surface area contributed by atoms with Gasteiger partial charge in [-0.2, -0.15) is 0 Å². The number of carbonyl (C=O) groups is 1. The number of fused-ring (bicyclic) bond motifs is 1. The fourth-order valence-electron chi connectivity index (χ4n) is 2.80. The molecule has 0 radical (unpaired) electrons. The third-order valence-corrected chi connectivity index (χ3v) is 4.10. The van der Waals surface area contributed by atoms with Crippen molar-refractivity contribution in [2.24, 2.45) is 0 Å². The van der Waals surface area contributed by atoms with Crippen LogP contribution in [0.3, 0.4) is 0 Å². The van der Waals surface area contributed by atoms with Gasteiger partial charge in [0.1, 0.15) is 18.2 Å². The molecule has 0 N–H and O–H groups in total. The van der Waals surface area contributed by atoms with Gasteiger partial charge in [0.25, 0.3) is 0 Å². The zero-order valence-corrected chi connectivity index (χ0v) is 13.6. The highest BCUT2D eigenvalue weighted by Crippen LogP contribution is 2.18. The Morgan fingerprint density at radius 2 is 2.04 bits per heavy atom. The molecule has 1 aliphatic rings. The van der Waals surface area contributed by atoms with Crippen LogP contribution in [0, 0.1) is 0 Å². The molecule has 0 amide bonds. The quantitative estimate of drug-likeness (QED) is 0.680. The highest BCUT2D eigenvalue weighted by molar-refractivity contribution is 5.87. The summed E-state index contributed by atoms with van der Waals surface area (Å²) in [6, 6.07) is 9.60. The lowest BCUT2D eigenvalue weighted by molar-refractivity contribution is 0.0466. The first kappa shape index (κ1) is 15.3. The van der Waals surface area contributed by atoms with Gasteiger partial charge in [0.15, 0.2) is 5.69 Å². The van der Waals surface area contributed by atoms with Gasteiger partial charge in [0, 0.05) is 31.7 Å². The van der Waals surface area contributed by atoms with Gasteiger partial charge in [-0.05, 0) is 5.56 Å². The van der Waals surface area contributed by atoms with Crippen molar-refractivity contribution in [1.29, 1.82) is 0 Å². The zero-order valence-electron chi connectivity index (χ0n) is 13.6. The molecule has 0 aliphatic carbocycles. The summed E-state index contributed by atoms with van der Waals surface area (Å²) < 4.78 is 7.34. The molecular formula is C18H17N5O2. The second-order valence-corrected chi connectivity index (χ2v) is 5.78. The first-order valence-electron chi connectivity index (χ1n) is 8.07. The Morgan fingerprint density at radius 1 is 1.16 bits per heavy atom. The third-order valence-electron chi connectivity index (χ3n) is 4.10. The fraction of sp³-hybridized carbons (Fsp3) is 0.222. The SMILES string of the molecule is O=C(OCc1ccccc1)c1cn2c(n1)CN(c1cnccn1)CC2. The number of imidazole rings is 1. The summed E-state index contributed by atoms with van der Waals surface area (Å²) in [6.07, 6.45) is 6.81. The van der Waals surface area contributed by atoms with E-state index in [1.54, 1.807) is 24.8 Å². The first-order chi connectivity index (χ1) is 12.3. The summed E-state index contributed by atoms with van der Waals surface area (Å²) in [7, 11) is 0. The van der Waals surface area contributed by atoms with Crippen LogP contribution in [0.2, 0.25) is 0 Å². The van der Waals surface area contributed by atoms with Crippen LogP contribution in [-0.4, -0.2) is 32.0 Å². The Labute approximate surface area is 144 Å². The van der Waals surface area contributed by atoms with Crippen LogP contribution in [-0.2, 0) is 24.4 Å². The summed E-state index contributed by atoms with van der Waals surface area (Å²) in [6.45, 7) is 2.36. The van der Waals surface area contributed by atoms with E-state index in [-0.39, 0.29) is 6.61 Å². The molecule has 4 rings (SSSR count). The summed E-state index contributed by atoms with van der Waals surface area (Å²) in [5, 5.41) is 0. The normalized spacial score (nSPS) is 13.4. The lowest BCUT2D eigenvalue weighted by Gasteiger charge is -2.28. The monoisotopic (exact) mass is 335 g/mol. The van der Waals surface area contributed by atoms with Gasteiger partial charge in [-0.3, -0.25) is 4.98 Å². The van der Waals surface area contributed by atoms with E-state index in [0.717, 1.165) is 30.3 Å². The Kier molecular flexibility index (Phi) is 4.12. The molecule has 1 aromatic carbocycles. The number of benzene rings is 1. The number of nitrogens with zero attached hydrogens (tertiary/aromatic N) is 5. The second kappa shape index (κ2) is 6.72. The topological polar surface area (TPSA) is 73.1 Å². The Balaban J connectivity index is 1.44. The minimum atomic E-state index is -0.406. The molecule has 25 heavy (non-hydrogen) atoms. The van der Waals surface area contributed by atoms with Crippen molar-refractivity contribution in [3.8, 4) is 0 Å². The van der Waals surface area contributed by atoms with Gasteiger partial charge in [-0.1, -0.05) is 30.3 Å². The van der Waals surface area contributed by atoms with Gasteiger partial charge in [0.05, 0.1) is 12.7 Å². The molecule has 7 nitrogen and oxygen atoms in total. The van der Waals surface area contributed by atoms with E-state index < -0.39 is 5.97 Å². The van der Waals surface area contributed by atoms with Gasteiger partial charge < -0.3 is 14.2 Å². The van der Waals surface area contributed by atoms with Gasteiger partial charge >= 0.3 is 5.97 Å². The zero-order chi connectivity index (χ0) is 17.1. The highest BCUT2D eigenvalue weighted by atomic mass is 16.5. The second-order valence-electron chi connectivity index (χ2n) is 5.78. The highest BCUT2D eigenvalue weighted by Gasteiger charge is 2.22. The Bertz CT molecular complexity index is 864. The standard InChI is InChI=1S/C18H17N5O2/c24-18(25-13-14-4-2-1-3-5-14)15-11-22-8-9-23(12-17(22)21-15)16-10-19-6-7-20-16/h1-7,10-11H,8-9,12-13H2. The molecule has 0 bridgehead atoms. The largest absolute Gasteiger partial charge is 0.456 e. The average Bonchev–Trinajstić information content (AvgIpc) is 3.11. The van der Waals surface area contributed by atoms with Crippen LogP contribution in [0.15, 0.2) is 55.1 Å². The minimum absolute atomic E-state index is 0.244. The number of ether oxygens (including phenoxy) is 1.